The van der Waals surface area contributed by atoms with E-state index in [9.17, 15) is 18.7 Å². The number of likely N-dealkylation sites (tertiary alicyclic amines) is 1. The number of nitrogens with zero attached hydrogens (tertiary/aromatic N) is 2. The van der Waals surface area contributed by atoms with Gasteiger partial charge in [-0.2, -0.15) is 0 Å². The Labute approximate surface area is 167 Å². The van der Waals surface area contributed by atoms with E-state index in [1.54, 1.807) is 32.9 Å². The number of carbonyl (C=O) groups excluding carboxylic acids is 1. The zero-order valence-electron chi connectivity index (χ0n) is 16.7. The SMILES string of the molecule is CC(C)(C)OC(=O)N1CCC(n2c3ccc(F)cc3c3cc(F)ccc32)[C@H](O)C1. The standard InChI is InChI=1S/C22H24F2N2O3/c1-22(2,3)29-21(28)25-9-8-19(20(27)12-25)26-17-6-4-13(23)10-15(17)16-11-14(24)5-7-18(16)26/h4-7,10-11,19-20,27H,8-9,12H2,1-3H3/t19?,20-/m1/s1. The van der Waals surface area contributed by atoms with Gasteiger partial charge in [0.1, 0.15) is 17.2 Å². The maximum Gasteiger partial charge on any atom is 0.410 e. The third-order valence-corrected chi connectivity index (χ3v) is 5.26. The number of β-amino-alcohol motifs (C(OH)–C–C–N with tert-alkyl or cyclic N) is 1. The minimum absolute atomic E-state index is 0.128. The molecule has 1 aliphatic heterocycles. The predicted octanol–water partition coefficient (Wildman–Crippen LogP) is 4.62. The molecule has 0 spiro atoms. The number of piperidine rings is 1. The number of aliphatic hydroxyl groups excluding tert-OH is 1. The zero-order chi connectivity index (χ0) is 20.9. The van der Waals surface area contributed by atoms with E-state index in [0.29, 0.717) is 23.7 Å². The van der Waals surface area contributed by atoms with Gasteiger partial charge in [-0.1, -0.05) is 0 Å². The van der Waals surface area contributed by atoms with Crippen molar-refractivity contribution in [1.82, 2.24) is 9.47 Å². The van der Waals surface area contributed by atoms with Crippen LogP contribution in [0, 0.1) is 11.6 Å². The lowest BCUT2D eigenvalue weighted by atomic mass is 10.0. The van der Waals surface area contributed by atoms with Crippen LogP contribution in [0.5, 0.6) is 0 Å². The van der Waals surface area contributed by atoms with Crippen molar-refractivity contribution in [2.45, 2.75) is 44.9 Å². The molecule has 1 aromatic heterocycles. The van der Waals surface area contributed by atoms with Crippen molar-refractivity contribution in [3.8, 4) is 0 Å². The average Bonchev–Trinajstić information content (AvgIpc) is 2.93. The van der Waals surface area contributed by atoms with Crippen LogP contribution in [0.1, 0.15) is 33.2 Å². The number of rotatable bonds is 1. The number of benzene rings is 2. The molecule has 0 saturated carbocycles. The fourth-order valence-corrected chi connectivity index (χ4v) is 4.07. The Balaban J connectivity index is 1.71. The van der Waals surface area contributed by atoms with E-state index in [1.807, 2.05) is 4.57 Å². The molecule has 5 nitrogen and oxygen atoms in total. The Morgan fingerprint density at radius 2 is 1.62 bits per heavy atom. The number of amides is 1. The van der Waals surface area contributed by atoms with Crippen molar-refractivity contribution in [3.05, 3.63) is 48.0 Å². The lowest BCUT2D eigenvalue weighted by Crippen LogP contribution is -2.48. The van der Waals surface area contributed by atoms with Crippen LogP contribution in [0.25, 0.3) is 21.8 Å². The molecule has 3 aromatic rings. The maximum atomic E-state index is 13.9. The largest absolute Gasteiger partial charge is 0.444 e. The lowest BCUT2D eigenvalue weighted by molar-refractivity contribution is -0.00880. The predicted molar refractivity (Wildman–Crippen MR) is 107 cm³/mol. The summed E-state index contributed by atoms with van der Waals surface area (Å²) in [6.07, 6.45) is -0.805. The molecular weight excluding hydrogens is 378 g/mol. The third kappa shape index (κ3) is 3.67. The van der Waals surface area contributed by atoms with Gasteiger partial charge in [0, 0.05) is 28.4 Å². The second-order valence-corrected chi connectivity index (χ2v) is 8.54. The minimum atomic E-state index is -0.842. The van der Waals surface area contributed by atoms with Gasteiger partial charge in [-0.25, -0.2) is 13.6 Å². The van der Waals surface area contributed by atoms with E-state index in [-0.39, 0.29) is 12.6 Å². The zero-order valence-corrected chi connectivity index (χ0v) is 16.7. The van der Waals surface area contributed by atoms with Crippen molar-refractivity contribution < 1.29 is 23.4 Å². The number of fused-ring (bicyclic) bond motifs is 3. The molecule has 2 atom stereocenters. The Morgan fingerprint density at radius 1 is 1.07 bits per heavy atom. The van der Waals surface area contributed by atoms with E-state index in [0.717, 1.165) is 11.0 Å². The molecule has 1 unspecified atom stereocenters. The van der Waals surface area contributed by atoms with Gasteiger partial charge < -0.3 is 19.3 Å². The van der Waals surface area contributed by atoms with Gasteiger partial charge in [0.15, 0.2) is 0 Å². The number of hydrogen-bond donors (Lipinski definition) is 1. The number of halogens is 2. The Hall–Kier alpha value is -2.67. The van der Waals surface area contributed by atoms with Crippen LogP contribution in [0.4, 0.5) is 13.6 Å². The molecule has 7 heteroatoms. The van der Waals surface area contributed by atoms with Crippen LogP contribution < -0.4 is 0 Å². The van der Waals surface area contributed by atoms with Crippen molar-refractivity contribution in [3.63, 3.8) is 0 Å². The molecule has 1 fully saturated rings. The van der Waals surface area contributed by atoms with Gasteiger partial charge in [0.25, 0.3) is 0 Å². The normalized spacial score (nSPS) is 20.4. The van der Waals surface area contributed by atoms with Crippen LogP contribution in [-0.2, 0) is 4.74 Å². The molecule has 0 radical (unpaired) electrons. The number of hydrogen-bond acceptors (Lipinski definition) is 3. The number of carbonyl (C=O) groups is 1. The first-order valence-corrected chi connectivity index (χ1v) is 9.69. The topological polar surface area (TPSA) is 54.7 Å². The van der Waals surface area contributed by atoms with E-state index in [4.69, 9.17) is 4.74 Å². The highest BCUT2D eigenvalue weighted by Gasteiger charge is 2.34. The fourth-order valence-electron chi connectivity index (χ4n) is 4.07. The molecule has 1 amide bonds. The summed E-state index contributed by atoms with van der Waals surface area (Å²) in [7, 11) is 0. The van der Waals surface area contributed by atoms with Gasteiger partial charge in [-0.15, -0.1) is 0 Å². The van der Waals surface area contributed by atoms with E-state index < -0.39 is 29.4 Å². The highest BCUT2D eigenvalue weighted by atomic mass is 19.1. The summed E-state index contributed by atoms with van der Waals surface area (Å²) in [5.41, 5.74) is 0.836. The summed E-state index contributed by atoms with van der Waals surface area (Å²) >= 11 is 0. The second-order valence-electron chi connectivity index (χ2n) is 8.54. The first-order chi connectivity index (χ1) is 13.6. The summed E-state index contributed by atoms with van der Waals surface area (Å²) in [6.45, 7) is 5.93. The fraction of sp³-hybridized carbons (Fsp3) is 0.409. The van der Waals surface area contributed by atoms with Crippen LogP contribution in [0.15, 0.2) is 36.4 Å². The second kappa shape index (κ2) is 6.99. The van der Waals surface area contributed by atoms with Crippen molar-refractivity contribution >= 4 is 27.9 Å². The van der Waals surface area contributed by atoms with Crippen molar-refractivity contribution in [1.29, 1.82) is 0 Å². The molecular formula is C22H24F2N2O3. The minimum Gasteiger partial charge on any atom is -0.444 e. The molecule has 0 bridgehead atoms. The van der Waals surface area contributed by atoms with E-state index >= 15 is 0 Å². The Kier molecular flexibility index (Phi) is 4.73. The highest BCUT2D eigenvalue weighted by molar-refractivity contribution is 6.08. The third-order valence-electron chi connectivity index (χ3n) is 5.26. The smallest absolute Gasteiger partial charge is 0.410 e. The molecule has 29 heavy (non-hydrogen) atoms. The van der Waals surface area contributed by atoms with Crippen LogP contribution in [-0.4, -0.2) is 45.5 Å². The van der Waals surface area contributed by atoms with Crippen LogP contribution in [0.2, 0.25) is 0 Å². The van der Waals surface area contributed by atoms with Gasteiger partial charge in [0.05, 0.1) is 18.7 Å². The van der Waals surface area contributed by atoms with Gasteiger partial charge in [-0.3, -0.25) is 0 Å². The Morgan fingerprint density at radius 3 is 2.10 bits per heavy atom. The van der Waals surface area contributed by atoms with Crippen molar-refractivity contribution in [2.24, 2.45) is 0 Å². The number of ether oxygens (including phenoxy) is 1. The molecule has 1 N–H and O–H groups in total. The number of aromatic nitrogens is 1. The first kappa shape index (κ1) is 19.6. The average molecular weight is 402 g/mol. The van der Waals surface area contributed by atoms with E-state index in [1.165, 1.54) is 29.2 Å². The molecule has 4 rings (SSSR count). The maximum absolute atomic E-state index is 13.9. The quantitative estimate of drug-likeness (QED) is 0.646. The highest BCUT2D eigenvalue weighted by Crippen LogP contribution is 2.36. The molecule has 2 heterocycles. The van der Waals surface area contributed by atoms with Gasteiger partial charge in [-0.05, 0) is 63.6 Å². The van der Waals surface area contributed by atoms with Gasteiger partial charge in [0.2, 0.25) is 0 Å². The molecule has 154 valence electrons. The van der Waals surface area contributed by atoms with Gasteiger partial charge >= 0.3 is 6.09 Å². The number of aliphatic hydroxyl groups is 1. The summed E-state index contributed by atoms with van der Waals surface area (Å²) < 4.78 is 35.1. The van der Waals surface area contributed by atoms with Crippen LogP contribution in [0.3, 0.4) is 0 Å². The molecule has 2 aromatic carbocycles. The summed E-state index contributed by atoms with van der Waals surface area (Å²) in [5, 5.41) is 12.1. The summed E-state index contributed by atoms with van der Waals surface area (Å²) in [6, 6.07) is 8.45. The summed E-state index contributed by atoms with van der Waals surface area (Å²) in [4.78, 5) is 13.9. The van der Waals surface area contributed by atoms with Crippen LogP contribution >= 0.6 is 0 Å². The van der Waals surface area contributed by atoms with E-state index in [2.05, 4.69) is 0 Å². The lowest BCUT2D eigenvalue weighted by Gasteiger charge is -2.37. The monoisotopic (exact) mass is 402 g/mol. The molecule has 1 aliphatic rings. The first-order valence-electron chi connectivity index (χ1n) is 9.69. The van der Waals surface area contributed by atoms with Crippen molar-refractivity contribution in [2.75, 3.05) is 13.1 Å². The molecule has 0 aliphatic carbocycles. The Bertz CT molecular complexity index is 1030. The molecule has 1 saturated heterocycles. The summed E-state index contributed by atoms with van der Waals surface area (Å²) in [5.74, 6) is -0.804.